The van der Waals surface area contributed by atoms with Crippen molar-refractivity contribution in [2.24, 2.45) is 10.9 Å². The Labute approximate surface area is 93.0 Å². The first-order chi connectivity index (χ1) is 6.84. The van der Waals surface area contributed by atoms with Crippen LogP contribution in [0.2, 0.25) is 0 Å². The number of nitrogens with zero attached hydrogens (tertiary/aromatic N) is 1. The van der Waals surface area contributed by atoms with Crippen LogP contribution < -0.4 is 0 Å². The molecule has 1 nitrogen and oxygen atoms in total. The van der Waals surface area contributed by atoms with Gasteiger partial charge < -0.3 is 0 Å². The Kier molecular flexibility index (Phi) is 6.05. The smallest absolute Gasteiger partial charge is 0.0628 e. The molecule has 1 fully saturated rings. The Hall–Kier alpha value is -0.200. The molecule has 1 aliphatic rings. The average molecular weight is 211 g/mol. The van der Waals surface area contributed by atoms with Crippen LogP contribution in [-0.2, 0) is 0 Å². The van der Waals surface area contributed by atoms with E-state index in [-0.39, 0.29) is 0 Å². The van der Waals surface area contributed by atoms with E-state index in [1.165, 1.54) is 51.4 Å². The summed E-state index contributed by atoms with van der Waals surface area (Å²) in [6, 6.07) is 0.450. The minimum atomic E-state index is 0.450. The van der Waals surface area contributed by atoms with Gasteiger partial charge in [0.05, 0.1) is 11.2 Å². The summed E-state index contributed by atoms with van der Waals surface area (Å²) in [5.41, 5.74) is 0. The Bertz CT molecular complexity index is 196. The van der Waals surface area contributed by atoms with Gasteiger partial charge in [0.1, 0.15) is 0 Å². The highest BCUT2D eigenvalue weighted by molar-refractivity contribution is 7.78. The summed E-state index contributed by atoms with van der Waals surface area (Å²) in [6.45, 7) is 2.31. The molecule has 0 amide bonds. The predicted molar refractivity (Wildman–Crippen MR) is 64.9 cm³/mol. The topological polar surface area (TPSA) is 12.4 Å². The van der Waals surface area contributed by atoms with Crippen LogP contribution in [0.25, 0.3) is 0 Å². The van der Waals surface area contributed by atoms with Gasteiger partial charge in [-0.05, 0) is 31.0 Å². The van der Waals surface area contributed by atoms with Gasteiger partial charge in [0.25, 0.3) is 0 Å². The molecule has 1 aliphatic carbocycles. The SMILES string of the molecule is CC1CCCCCCCCC1N=C=S. The summed E-state index contributed by atoms with van der Waals surface area (Å²) in [7, 11) is 0. The summed E-state index contributed by atoms with van der Waals surface area (Å²) in [4.78, 5) is 4.30. The van der Waals surface area contributed by atoms with E-state index in [1.54, 1.807) is 0 Å². The molecule has 2 atom stereocenters. The van der Waals surface area contributed by atoms with Crippen molar-refractivity contribution in [1.29, 1.82) is 0 Å². The first-order valence-electron chi connectivity index (χ1n) is 5.91. The van der Waals surface area contributed by atoms with Crippen molar-refractivity contribution >= 4 is 17.4 Å². The fourth-order valence-corrected chi connectivity index (χ4v) is 2.40. The molecule has 0 aromatic carbocycles. The zero-order valence-electron chi connectivity index (χ0n) is 9.17. The Morgan fingerprint density at radius 2 is 1.57 bits per heavy atom. The Morgan fingerprint density at radius 3 is 2.21 bits per heavy atom. The number of rotatable bonds is 1. The Morgan fingerprint density at radius 1 is 1.00 bits per heavy atom. The van der Waals surface area contributed by atoms with Crippen LogP contribution in [0.15, 0.2) is 4.99 Å². The zero-order chi connectivity index (χ0) is 10.2. The van der Waals surface area contributed by atoms with Gasteiger partial charge >= 0.3 is 0 Å². The number of thiocarbonyl (C=S) groups is 1. The van der Waals surface area contributed by atoms with Gasteiger partial charge in [-0.15, -0.1) is 0 Å². The highest BCUT2D eigenvalue weighted by Gasteiger charge is 2.16. The molecule has 0 aromatic heterocycles. The van der Waals surface area contributed by atoms with Crippen molar-refractivity contribution in [2.45, 2.75) is 64.3 Å². The molecule has 1 saturated carbocycles. The lowest BCUT2D eigenvalue weighted by Gasteiger charge is -2.20. The quantitative estimate of drug-likeness (QED) is 0.467. The van der Waals surface area contributed by atoms with E-state index in [2.05, 4.69) is 17.1 Å². The van der Waals surface area contributed by atoms with E-state index in [9.17, 15) is 0 Å². The molecule has 0 spiro atoms. The van der Waals surface area contributed by atoms with Crippen molar-refractivity contribution in [3.8, 4) is 0 Å². The zero-order valence-corrected chi connectivity index (χ0v) is 9.98. The number of aliphatic imine (C=N–C) groups is 1. The van der Waals surface area contributed by atoms with Crippen molar-refractivity contribution in [2.75, 3.05) is 0 Å². The second-order valence-corrected chi connectivity index (χ2v) is 4.65. The van der Waals surface area contributed by atoms with E-state index in [0.717, 1.165) is 0 Å². The Balaban J connectivity index is 2.45. The molecule has 0 N–H and O–H groups in total. The van der Waals surface area contributed by atoms with E-state index in [4.69, 9.17) is 12.2 Å². The van der Waals surface area contributed by atoms with Crippen LogP contribution in [0.5, 0.6) is 0 Å². The van der Waals surface area contributed by atoms with Crippen LogP contribution in [0.4, 0.5) is 0 Å². The summed E-state index contributed by atoms with van der Waals surface area (Å²) in [5.74, 6) is 0.698. The largest absolute Gasteiger partial charge is 0.229 e. The van der Waals surface area contributed by atoms with Crippen molar-refractivity contribution in [1.82, 2.24) is 0 Å². The minimum Gasteiger partial charge on any atom is -0.229 e. The lowest BCUT2D eigenvalue weighted by atomic mass is 9.90. The fraction of sp³-hybridized carbons (Fsp3) is 0.917. The van der Waals surface area contributed by atoms with Crippen LogP contribution in [0.1, 0.15) is 58.3 Å². The number of hydrogen-bond acceptors (Lipinski definition) is 2. The summed E-state index contributed by atoms with van der Waals surface area (Å²) < 4.78 is 0. The van der Waals surface area contributed by atoms with E-state index in [0.29, 0.717) is 12.0 Å². The molecule has 0 saturated heterocycles. The average Bonchev–Trinajstić information content (AvgIpc) is 2.20. The lowest BCUT2D eigenvalue weighted by molar-refractivity contribution is 0.367. The summed E-state index contributed by atoms with van der Waals surface area (Å²) >= 11 is 4.71. The van der Waals surface area contributed by atoms with Crippen molar-refractivity contribution in [3.63, 3.8) is 0 Å². The molecular weight excluding hydrogens is 190 g/mol. The normalized spacial score (nSPS) is 30.4. The van der Waals surface area contributed by atoms with E-state index in [1.807, 2.05) is 0 Å². The fourth-order valence-electron chi connectivity index (χ4n) is 2.26. The lowest BCUT2D eigenvalue weighted by Crippen LogP contribution is -2.16. The maximum Gasteiger partial charge on any atom is 0.0628 e. The van der Waals surface area contributed by atoms with Crippen molar-refractivity contribution in [3.05, 3.63) is 0 Å². The monoisotopic (exact) mass is 211 g/mol. The van der Waals surface area contributed by atoms with Crippen LogP contribution in [0, 0.1) is 5.92 Å². The third-order valence-electron chi connectivity index (χ3n) is 3.28. The van der Waals surface area contributed by atoms with E-state index >= 15 is 0 Å². The first kappa shape index (κ1) is 11.9. The molecule has 2 unspecified atom stereocenters. The second-order valence-electron chi connectivity index (χ2n) is 4.46. The summed E-state index contributed by atoms with van der Waals surface area (Å²) in [6.07, 6.45) is 10.8. The summed E-state index contributed by atoms with van der Waals surface area (Å²) in [5, 5.41) is 2.56. The van der Waals surface area contributed by atoms with Crippen molar-refractivity contribution < 1.29 is 0 Å². The van der Waals surface area contributed by atoms with Crippen LogP contribution in [0.3, 0.4) is 0 Å². The van der Waals surface area contributed by atoms with Gasteiger partial charge in [0.2, 0.25) is 0 Å². The molecule has 0 aliphatic heterocycles. The molecule has 0 heterocycles. The number of isothiocyanates is 1. The van der Waals surface area contributed by atoms with Crippen LogP contribution >= 0.6 is 12.2 Å². The van der Waals surface area contributed by atoms with Gasteiger partial charge in [-0.3, -0.25) is 0 Å². The number of hydrogen-bond donors (Lipinski definition) is 0. The van der Waals surface area contributed by atoms with Gasteiger partial charge in [-0.25, -0.2) is 4.99 Å². The molecule has 80 valence electrons. The minimum absolute atomic E-state index is 0.450. The predicted octanol–water partition coefficient (Wildman–Crippen LogP) is 4.23. The molecule has 0 radical (unpaired) electrons. The van der Waals surface area contributed by atoms with Crippen LogP contribution in [-0.4, -0.2) is 11.2 Å². The molecule has 14 heavy (non-hydrogen) atoms. The molecular formula is C12H21NS. The standard InChI is InChI=1S/C12H21NS/c1-11-8-6-4-2-3-5-7-9-12(11)13-10-14/h11-12H,2-9H2,1H3. The van der Waals surface area contributed by atoms with Gasteiger partial charge in [0.15, 0.2) is 0 Å². The van der Waals surface area contributed by atoms with Gasteiger partial charge in [-0.2, -0.15) is 0 Å². The molecule has 0 aromatic rings. The maximum absolute atomic E-state index is 4.71. The highest BCUT2D eigenvalue weighted by atomic mass is 32.1. The van der Waals surface area contributed by atoms with E-state index < -0.39 is 0 Å². The molecule has 2 heteroatoms. The first-order valence-corrected chi connectivity index (χ1v) is 6.32. The highest BCUT2D eigenvalue weighted by Crippen LogP contribution is 2.23. The third kappa shape index (κ3) is 4.34. The van der Waals surface area contributed by atoms with Gasteiger partial charge in [-0.1, -0.05) is 45.4 Å². The van der Waals surface area contributed by atoms with Gasteiger partial charge in [0, 0.05) is 0 Å². The third-order valence-corrected chi connectivity index (χ3v) is 3.39. The molecule has 1 rings (SSSR count). The second kappa shape index (κ2) is 7.14. The molecule has 0 bridgehead atoms. The maximum atomic E-state index is 4.71.